The summed E-state index contributed by atoms with van der Waals surface area (Å²) in [4.78, 5) is 59.6. The maximum atomic E-state index is 14.7. The first kappa shape index (κ1) is 37.9. The highest BCUT2D eigenvalue weighted by Gasteiger charge is 2.53. The van der Waals surface area contributed by atoms with Crippen LogP contribution < -0.4 is 10.6 Å². The second-order valence-corrected chi connectivity index (χ2v) is 15.0. The van der Waals surface area contributed by atoms with Crippen LogP contribution >= 0.6 is 0 Å². The van der Waals surface area contributed by atoms with E-state index in [-0.39, 0.29) is 43.2 Å². The quantitative estimate of drug-likeness (QED) is 0.215. The average Bonchev–Trinajstić information content (AvgIpc) is 3.72. The van der Waals surface area contributed by atoms with Crippen LogP contribution in [0, 0.1) is 11.8 Å². The SMILES string of the molecule is C[C@@H](C(=O)N[C@H](C(=O)N1CC[C@@H]2[C@H]1[C@@H](COCNc1ccccc1)CN2C(=O)OCc1ccccc1)C1CCCCC1)N(C)C(=O)OC(C)(C)C. The zero-order chi connectivity index (χ0) is 36.5. The van der Waals surface area contributed by atoms with E-state index >= 15 is 0 Å². The van der Waals surface area contributed by atoms with E-state index in [1.165, 1.54) is 11.9 Å². The zero-order valence-electron chi connectivity index (χ0n) is 30.7. The zero-order valence-corrected chi connectivity index (χ0v) is 30.7. The van der Waals surface area contributed by atoms with Gasteiger partial charge < -0.3 is 34.6 Å². The molecule has 2 saturated heterocycles. The Morgan fingerprint density at radius 3 is 2.25 bits per heavy atom. The molecule has 5 rings (SSSR count). The van der Waals surface area contributed by atoms with Crippen LogP contribution in [0.25, 0.3) is 0 Å². The van der Waals surface area contributed by atoms with Gasteiger partial charge in [0.1, 0.15) is 31.0 Å². The fourth-order valence-electron chi connectivity index (χ4n) is 7.49. The van der Waals surface area contributed by atoms with Gasteiger partial charge >= 0.3 is 12.2 Å². The molecule has 2 aromatic rings. The third-order valence-corrected chi connectivity index (χ3v) is 10.3. The summed E-state index contributed by atoms with van der Waals surface area (Å²) >= 11 is 0. The van der Waals surface area contributed by atoms with Crippen LogP contribution in [0.3, 0.4) is 0 Å². The van der Waals surface area contributed by atoms with Crippen LogP contribution in [0.1, 0.15) is 71.8 Å². The van der Waals surface area contributed by atoms with Gasteiger partial charge in [-0.1, -0.05) is 67.8 Å². The van der Waals surface area contributed by atoms with E-state index in [4.69, 9.17) is 14.2 Å². The Morgan fingerprint density at radius 2 is 1.59 bits per heavy atom. The van der Waals surface area contributed by atoms with E-state index in [0.29, 0.717) is 26.1 Å². The van der Waals surface area contributed by atoms with Gasteiger partial charge in [-0.3, -0.25) is 14.5 Å². The molecule has 3 fully saturated rings. The summed E-state index contributed by atoms with van der Waals surface area (Å²) in [5.74, 6) is -0.760. The number of para-hydroxylation sites is 1. The first-order valence-corrected chi connectivity index (χ1v) is 18.3. The van der Waals surface area contributed by atoms with Gasteiger partial charge in [0, 0.05) is 31.7 Å². The second-order valence-electron chi connectivity index (χ2n) is 15.0. The van der Waals surface area contributed by atoms with Gasteiger partial charge in [0.05, 0.1) is 18.7 Å². The summed E-state index contributed by atoms with van der Waals surface area (Å²) in [6, 6.07) is 17.2. The number of hydrogen-bond donors (Lipinski definition) is 2. The average molecular weight is 706 g/mol. The Kier molecular flexibility index (Phi) is 12.8. The molecule has 0 spiro atoms. The van der Waals surface area contributed by atoms with Gasteiger partial charge in [-0.05, 0) is 70.6 Å². The number of rotatable bonds is 12. The molecule has 12 heteroatoms. The number of ether oxygens (including phenoxy) is 3. The maximum absolute atomic E-state index is 14.7. The number of likely N-dealkylation sites (N-methyl/N-ethyl adjacent to an activating group) is 1. The number of carbonyl (C=O) groups is 4. The summed E-state index contributed by atoms with van der Waals surface area (Å²) in [7, 11) is 1.53. The summed E-state index contributed by atoms with van der Waals surface area (Å²) < 4.78 is 17.4. The molecule has 278 valence electrons. The molecule has 51 heavy (non-hydrogen) atoms. The van der Waals surface area contributed by atoms with Crippen LogP contribution in [0.5, 0.6) is 0 Å². The van der Waals surface area contributed by atoms with Crippen LogP contribution in [0.15, 0.2) is 60.7 Å². The summed E-state index contributed by atoms with van der Waals surface area (Å²) in [5.41, 5.74) is 1.12. The van der Waals surface area contributed by atoms with Crippen molar-refractivity contribution in [1.82, 2.24) is 20.0 Å². The standard InChI is InChI=1S/C39H55N5O7/c1-27(42(5)37(47)51-39(2,3)4)35(45)41-33(29-17-11-7-12-18-29)36(46)43-22-21-32-34(43)30(25-49-26-40-31-19-13-8-14-20-31)23-44(32)38(48)50-24-28-15-9-6-10-16-28/h6,8-10,13-16,19-20,27,29-30,32-34,40H,7,11-12,17-18,21-26H2,1-5H3,(H,41,45)/t27-,30+,32+,33-,34+/m0/s1. The smallest absolute Gasteiger partial charge is 0.410 e. The molecule has 5 atom stereocenters. The van der Waals surface area contributed by atoms with E-state index in [2.05, 4.69) is 10.6 Å². The van der Waals surface area contributed by atoms with Crippen LogP contribution in [-0.2, 0) is 30.4 Å². The van der Waals surface area contributed by atoms with E-state index in [0.717, 1.165) is 43.4 Å². The van der Waals surface area contributed by atoms with E-state index in [9.17, 15) is 19.2 Å². The lowest BCUT2D eigenvalue weighted by Crippen LogP contribution is -2.58. The monoisotopic (exact) mass is 705 g/mol. The fraction of sp³-hybridized carbons (Fsp3) is 0.590. The molecule has 2 aromatic carbocycles. The number of amides is 4. The Bertz CT molecular complexity index is 1460. The van der Waals surface area contributed by atoms with Crippen molar-refractivity contribution in [2.75, 3.05) is 38.8 Å². The van der Waals surface area contributed by atoms with Crippen LogP contribution in [-0.4, -0.2) is 102 Å². The Labute approximate surface area is 302 Å². The first-order valence-electron chi connectivity index (χ1n) is 18.3. The second kappa shape index (κ2) is 17.3. The third-order valence-electron chi connectivity index (χ3n) is 10.3. The number of benzene rings is 2. The molecule has 1 aliphatic carbocycles. The van der Waals surface area contributed by atoms with Gasteiger partial charge in [-0.15, -0.1) is 0 Å². The number of hydrogen-bond acceptors (Lipinski definition) is 8. The van der Waals surface area contributed by atoms with Crippen molar-refractivity contribution in [1.29, 1.82) is 0 Å². The number of nitrogens with one attached hydrogen (secondary N) is 2. The summed E-state index contributed by atoms with van der Waals surface area (Å²) in [6.45, 7) is 8.55. The molecule has 0 radical (unpaired) electrons. The van der Waals surface area contributed by atoms with Crippen LogP contribution in [0.4, 0.5) is 15.3 Å². The molecule has 2 aliphatic heterocycles. The van der Waals surface area contributed by atoms with Crippen LogP contribution in [0.2, 0.25) is 0 Å². The lowest BCUT2D eigenvalue weighted by molar-refractivity contribution is -0.141. The minimum absolute atomic E-state index is 0.0357. The largest absolute Gasteiger partial charge is 0.445 e. The predicted molar refractivity (Wildman–Crippen MR) is 194 cm³/mol. The number of anilines is 1. The summed E-state index contributed by atoms with van der Waals surface area (Å²) in [6.07, 6.45) is 4.28. The highest BCUT2D eigenvalue weighted by molar-refractivity contribution is 5.91. The van der Waals surface area contributed by atoms with Crippen molar-refractivity contribution in [3.8, 4) is 0 Å². The van der Waals surface area contributed by atoms with Crippen molar-refractivity contribution in [3.63, 3.8) is 0 Å². The lowest BCUT2D eigenvalue weighted by Gasteiger charge is -2.37. The molecule has 12 nitrogen and oxygen atoms in total. The van der Waals surface area contributed by atoms with Crippen molar-refractivity contribution < 1.29 is 33.4 Å². The van der Waals surface area contributed by atoms with E-state index in [1.807, 2.05) is 65.6 Å². The maximum Gasteiger partial charge on any atom is 0.410 e. The molecule has 2 N–H and O–H groups in total. The number of fused-ring (bicyclic) bond motifs is 1. The first-order chi connectivity index (χ1) is 24.4. The molecular weight excluding hydrogens is 650 g/mol. The topological polar surface area (TPSA) is 130 Å². The predicted octanol–water partition coefficient (Wildman–Crippen LogP) is 5.63. The third kappa shape index (κ3) is 9.93. The van der Waals surface area contributed by atoms with Gasteiger partial charge in [-0.2, -0.15) is 0 Å². The number of nitrogens with zero attached hydrogens (tertiary/aromatic N) is 3. The van der Waals surface area contributed by atoms with Gasteiger partial charge in [0.15, 0.2) is 0 Å². The lowest BCUT2D eigenvalue weighted by atomic mass is 9.83. The molecule has 1 saturated carbocycles. The molecule has 4 amide bonds. The molecule has 0 unspecified atom stereocenters. The van der Waals surface area contributed by atoms with Gasteiger partial charge in [0.2, 0.25) is 11.8 Å². The molecular formula is C39H55N5O7. The van der Waals surface area contributed by atoms with E-state index < -0.39 is 35.8 Å². The number of likely N-dealkylation sites (tertiary alicyclic amines) is 2. The van der Waals surface area contributed by atoms with Crippen molar-refractivity contribution in [3.05, 3.63) is 66.2 Å². The highest BCUT2D eigenvalue weighted by Crippen LogP contribution is 2.38. The highest BCUT2D eigenvalue weighted by atomic mass is 16.6. The number of carbonyl (C=O) groups excluding carboxylic acids is 4. The fourth-order valence-corrected chi connectivity index (χ4v) is 7.49. The normalized spacial score (nSPS) is 21.7. The Balaban J connectivity index is 1.32. The minimum atomic E-state index is -0.857. The van der Waals surface area contributed by atoms with Gasteiger partial charge in [-0.25, -0.2) is 9.59 Å². The molecule has 0 bridgehead atoms. The molecule has 2 heterocycles. The van der Waals surface area contributed by atoms with E-state index in [1.54, 1.807) is 32.6 Å². The van der Waals surface area contributed by atoms with Crippen molar-refractivity contribution >= 4 is 29.7 Å². The van der Waals surface area contributed by atoms with Crippen molar-refractivity contribution in [2.24, 2.45) is 11.8 Å². The molecule has 0 aromatic heterocycles. The minimum Gasteiger partial charge on any atom is -0.445 e. The molecule has 3 aliphatic rings. The Morgan fingerprint density at radius 1 is 0.922 bits per heavy atom. The van der Waals surface area contributed by atoms with Crippen molar-refractivity contribution in [2.45, 2.75) is 103 Å². The summed E-state index contributed by atoms with van der Waals surface area (Å²) in [5, 5.41) is 6.34. The van der Waals surface area contributed by atoms with Gasteiger partial charge in [0.25, 0.3) is 0 Å². The Hall–Kier alpha value is -4.32.